The number of amides is 1. The second kappa shape index (κ2) is 6.26. The highest BCUT2D eigenvalue weighted by Gasteiger charge is 2.15. The number of nitrogens with zero attached hydrogens (tertiary/aromatic N) is 1. The summed E-state index contributed by atoms with van der Waals surface area (Å²) in [6, 6.07) is 10.6. The minimum absolute atomic E-state index is 0.226. The van der Waals surface area contributed by atoms with Gasteiger partial charge < -0.3 is 15.4 Å². The molecule has 0 spiro atoms. The van der Waals surface area contributed by atoms with E-state index in [1.807, 2.05) is 6.92 Å². The van der Waals surface area contributed by atoms with Crippen molar-refractivity contribution >= 4 is 17.3 Å². The predicted molar refractivity (Wildman–Crippen MR) is 81.2 cm³/mol. The fourth-order valence-electron chi connectivity index (χ4n) is 1.94. The normalized spacial score (nSPS) is 10.2. The number of anilines is 2. The van der Waals surface area contributed by atoms with Crippen LogP contribution in [0, 0.1) is 5.82 Å². The first-order valence-electron chi connectivity index (χ1n) is 6.59. The molecular formula is C16H17FN2O2. The predicted octanol–water partition coefficient (Wildman–Crippen LogP) is 3.08. The SMILES string of the molecule is CCOc1ccc(C(=O)N(C)c2ccc(F)cc2)cc1N. The molecule has 0 radical (unpaired) electrons. The molecule has 5 heteroatoms. The summed E-state index contributed by atoms with van der Waals surface area (Å²) in [5.41, 5.74) is 7.32. The first-order valence-corrected chi connectivity index (χ1v) is 6.59. The molecule has 2 aromatic carbocycles. The first kappa shape index (κ1) is 14.8. The largest absolute Gasteiger partial charge is 0.492 e. The number of benzene rings is 2. The maximum atomic E-state index is 12.9. The second-order valence-electron chi connectivity index (χ2n) is 4.53. The molecule has 110 valence electrons. The Hall–Kier alpha value is -2.56. The molecule has 2 N–H and O–H groups in total. The molecule has 0 heterocycles. The van der Waals surface area contributed by atoms with Gasteiger partial charge in [-0.15, -0.1) is 0 Å². The van der Waals surface area contributed by atoms with Gasteiger partial charge in [0.1, 0.15) is 11.6 Å². The highest BCUT2D eigenvalue weighted by Crippen LogP contribution is 2.24. The lowest BCUT2D eigenvalue weighted by Gasteiger charge is -2.18. The molecule has 0 unspecified atom stereocenters. The van der Waals surface area contributed by atoms with E-state index < -0.39 is 0 Å². The summed E-state index contributed by atoms with van der Waals surface area (Å²) in [5.74, 6) is -0.0141. The van der Waals surface area contributed by atoms with E-state index in [1.54, 1.807) is 37.4 Å². The zero-order valence-electron chi connectivity index (χ0n) is 12.0. The number of carbonyl (C=O) groups excluding carboxylic acids is 1. The summed E-state index contributed by atoms with van der Waals surface area (Å²) >= 11 is 0. The molecule has 0 aromatic heterocycles. The van der Waals surface area contributed by atoms with Gasteiger partial charge in [0.05, 0.1) is 12.3 Å². The fraction of sp³-hybridized carbons (Fsp3) is 0.188. The highest BCUT2D eigenvalue weighted by molar-refractivity contribution is 6.06. The molecule has 2 aromatic rings. The van der Waals surface area contributed by atoms with Crippen LogP contribution < -0.4 is 15.4 Å². The molecule has 0 aliphatic heterocycles. The van der Waals surface area contributed by atoms with Crippen LogP contribution in [0.25, 0.3) is 0 Å². The molecule has 21 heavy (non-hydrogen) atoms. The quantitative estimate of drug-likeness (QED) is 0.880. The van der Waals surface area contributed by atoms with Gasteiger partial charge in [-0.2, -0.15) is 0 Å². The van der Waals surface area contributed by atoms with Crippen molar-refractivity contribution in [2.24, 2.45) is 0 Å². The number of ether oxygens (including phenoxy) is 1. The molecule has 0 saturated carbocycles. The van der Waals surface area contributed by atoms with Crippen LogP contribution in [0.2, 0.25) is 0 Å². The van der Waals surface area contributed by atoms with Gasteiger partial charge in [0.15, 0.2) is 0 Å². The van der Waals surface area contributed by atoms with Gasteiger partial charge in [-0.1, -0.05) is 0 Å². The van der Waals surface area contributed by atoms with Crippen LogP contribution in [0.3, 0.4) is 0 Å². The average molecular weight is 288 g/mol. The van der Waals surface area contributed by atoms with Gasteiger partial charge >= 0.3 is 0 Å². The summed E-state index contributed by atoms with van der Waals surface area (Å²) in [5, 5.41) is 0. The van der Waals surface area contributed by atoms with Crippen LogP contribution in [0.1, 0.15) is 17.3 Å². The zero-order chi connectivity index (χ0) is 15.4. The van der Waals surface area contributed by atoms with Gasteiger partial charge in [0.2, 0.25) is 0 Å². The van der Waals surface area contributed by atoms with Crippen LogP contribution in [0.5, 0.6) is 5.75 Å². The highest BCUT2D eigenvalue weighted by atomic mass is 19.1. The lowest BCUT2D eigenvalue weighted by atomic mass is 10.1. The third-order valence-electron chi connectivity index (χ3n) is 3.08. The Morgan fingerprint density at radius 3 is 2.48 bits per heavy atom. The van der Waals surface area contributed by atoms with Gasteiger partial charge in [0, 0.05) is 18.3 Å². The van der Waals surface area contributed by atoms with Crippen molar-refractivity contribution in [3.63, 3.8) is 0 Å². The second-order valence-corrected chi connectivity index (χ2v) is 4.53. The molecule has 0 aliphatic carbocycles. The minimum Gasteiger partial charge on any atom is -0.492 e. The maximum Gasteiger partial charge on any atom is 0.258 e. The smallest absolute Gasteiger partial charge is 0.258 e. The van der Waals surface area contributed by atoms with Crippen LogP contribution in [0.4, 0.5) is 15.8 Å². The molecule has 0 bridgehead atoms. The molecular weight excluding hydrogens is 271 g/mol. The van der Waals surface area contributed by atoms with Gasteiger partial charge in [-0.3, -0.25) is 4.79 Å². The summed E-state index contributed by atoms with van der Waals surface area (Å²) in [6.45, 7) is 2.37. The van der Waals surface area contributed by atoms with Crippen molar-refractivity contribution in [1.29, 1.82) is 0 Å². The Bertz CT molecular complexity index is 641. The van der Waals surface area contributed by atoms with Crippen molar-refractivity contribution in [1.82, 2.24) is 0 Å². The average Bonchev–Trinajstić information content (AvgIpc) is 2.49. The number of hydrogen-bond acceptors (Lipinski definition) is 3. The van der Waals surface area contributed by atoms with Gasteiger partial charge in [-0.25, -0.2) is 4.39 Å². The molecule has 1 amide bonds. The van der Waals surface area contributed by atoms with E-state index in [-0.39, 0.29) is 11.7 Å². The Kier molecular flexibility index (Phi) is 4.42. The van der Waals surface area contributed by atoms with Crippen molar-refractivity contribution in [3.8, 4) is 5.75 Å². The topological polar surface area (TPSA) is 55.6 Å². The Labute approximate surface area is 122 Å². The Balaban J connectivity index is 2.23. The third kappa shape index (κ3) is 3.31. The number of hydrogen-bond donors (Lipinski definition) is 1. The molecule has 0 saturated heterocycles. The van der Waals surface area contributed by atoms with E-state index in [1.165, 1.54) is 17.0 Å². The molecule has 2 rings (SSSR count). The first-order chi connectivity index (χ1) is 10.0. The third-order valence-corrected chi connectivity index (χ3v) is 3.08. The van der Waals surface area contributed by atoms with E-state index in [0.717, 1.165) is 0 Å². The number of nitrogen functional groups attached to an aromatic ring is 1. The molecule has 0 fully saturated rings. The molecule has 0 atom stereocenters. The van der Waals surface area contributed by atoms with Crippen molar-refractivity contribution in [3.05, 3.63) is 53.8 Å². The van der Waals surface area contributed by atoms with E-state index in [4.69, 9.17) is 10.5 Å². The van der Waals surface area contributed by atoms with E-state index >= 15 is 0 Å². The van der Waals surface area contributed by atoms with Crippen LogP contribution >= 0.6 is 0 Å². The van der Waals surface area contributed by atoms with E-state index in [0.29, 0.717) is 29.3 Å². The zero-order valence-corrected chi connectivity index (χ0v) is 12.0. The Morgan fingerprint density at radius 2 is 1.90 bits per heavy atom. The van der Waals surface area contributed by atoms with Crippen LogP contribution in [-0.4, -0.2) is 19.6 Å². The monoisotopic (exact) mass is 288 g/mol. The number of carbonyl (C=O) groups is 1. The summed E-state index contributed by atoms with van der Waals surface area (Å²) in [6.07, 6.45) is 0. The fourth-order valence-corrected chi connectivity index (χ4v) is 1.94. The standard InChI is InChI=1S/C16H17FN2O2/c1-3-21-15-9-4-11(10-14(15)18)16(20)19(2)13-7-5-12(17)6-8-13/h4-10H,3,18H2,1-2H3. The van der Waals surface area contributed by atoms with Gasteiger partial charge in [-0.05, 0) is 49.4 Å². The maximum absolute atomic E-state index is 12.9. The molecule has 4 nitrogen and oxygen atoms in total. The van der Waals surface area contributed by atoms with E-state index in [9.17, 15) is 9.18 Å². The number of rotatable bonds is 4. The lowest BCUT2D eigenvalue weighted by Crippen LogP contribution is -2.26. The molecule has 0 aliphatic rings. The van der Waals surface area contributed by atoms with Crippen molar-refractivity contribution in [2.75, 3.05) is 24.3 Å². The summed E-state index contributed by atoms with van der Waals surface area (Å²) in [4.78, 5) is 13.8. The van der Waals surface area contributed by atoms with Crippen molar-refractivity contribution < 1.29 is 13.9 Å². The summed E-state index contributed by atoms with van der Waals surface area (Å²) < 4.78 is 18.2. The van der Waals surface area contributed by atoms with Crippen LogP contribution in [0.15, 0.2) is 42.5 Å². The van der Waals surface area contributed by atoms with Crippen LogP contribution in [-0.2, 0) is 0 Å². The number of nitrogens with two attached hydrogens (primary N) is 1. The lowest BCUT2D eigenvalue weighted by molar-refractivity contribution is 0.0993. The Morgan fingerprint density at radius 1 is 1.24 bits per heavy atom. The van der Waals surface area contributed by atoms with Crippen molar-refractivity contribution in [2.45, 2.75) is 6.92 Å². The number of halogens is 1. The minimum atomic E-state index is -0.343. The van der Waals surface area contributed by atoms with Gasteiger partial charge in [0.25, 0.3) is 5.91 Å². The summed E-state index contributed by atoms with van der Waals surface area (Å²) in [7, 11) is 1.63. The van der Waals surface area contributed by atoms with E-state index in [2.05, 4.69) is 0 Å².